The zero-order valence-electron chi connectivity index (χ0n) is 25.3. The normalized spacial score (nSPS) is 10.3. The van der Waals surface area contributed by atoms with Gasteiger partial charge in [-0.3, -0.25) is 0 Å². The Hall–Kier alpha value is -0.810. The largest absolute Gasteiger partial charge is 0.652 e. The van der Waals surface area contributed by atoms with Crippen LogP contribution < -0.4 is 20.8 Å². The molecule has 0 aromatic rings. The molecule has 0 fully saturated rings. The summed E-state index contributed by atoms with van der Waals surface area (Å²) >= 11 is 0. The topological polar surface area (TPSA) is 96.4 Å². The lowest BCUT2D eigenvalue weighted by molar-refractivity contribution is -0.627. The van der Waals surface area contributed by atoms with Crippen molar-refractivity contribution in [2.45, 2.75) is 168 Å². The molecule has 4 N–H and O–H groups in total. The first-order chi connectivity index (χ1) is 17.6. The molecule has 0 bridgehead atoms. The minimum absolute atomic E-state index is 1.32. The van der Waals surface area contributed by atoms with Gasteiger partial charge in [-0.25, -0.2) is 0 Å². The molecule has 0 spiro atoms. The van der Waals surface area contributed by atoms with Crippen LogP contribution in [0.1, 0.15) is 168 Å². The molecule has 0 aromatic carbocycles. The van der Waals surface area contributed by atoms with E-state index in [4.69, 9.17) is 15.0 Å². The van der Waals surface area contributed by atoms with Crippen LogP contribution in [0.3, 0.4) is 0 Å². The Bertz CT molecular complexity index is 308. The van der Waals surface area contributed by atoms with Gasteiger partial charge in [-0.2, -0.15) is 0 Å². The maximum absolute atomic E-state index is 8.33. The quantitative estimate of drug-likeness (QED) is 0.152. The monoisotopic (exact) mass is 517 g/mol. The molecule has 5 nitrogen and oxygen atoms in total. The van der Waals surface area contributed by atoms with Gasteiger partial charge in [0.25, 0.3) is 0 Å². The van der Waals surface area contributed by atoms with E-state index in [1.807, 2.05) is 0 Å². The van der Waals surface area contributed by atoms with Gasteiger partial charge in [0.05, 0.1) is 27.2 Å². The lowest BCUT2D eigenvalue weighted by Crippen LogP contribution is -2.79. The summed E-state index contributed by atoms with van der Waals surface area (Å²) in [6.07, 6.45) is 32.6. The van der Waals surface area contributed by atoms with Gasteiger partial charge < -0.3 is 25.6 Å². The number of unbranched alkanes of at least 4 members (excludes halogenated alkanes) is 22. The van der Waals surface area contributed by atoms with Crippen molar-refractivity contribution in [1.82, 2.24) is 0 Å². The molecular weight excluding hydrogens is 448 g/mol. The van der Waals surface area contributed by atoms with Crippen LogP contribution in [-0.4, -0.2) is 33.3 Å². The van der Waals surface area contributed by atoms with Crippen molar-refractivity contribution in [3.05, 3.63) is 0 Å². The third-order valence-electron chi connectivity index (χ3n) is 6.69. The summed E-state index contributed by atoms with van der Waals surface area (Å²) in [5.41, 5.74) is 0. The molecule has 0 aliphatic rings. The Morgan fingerprint density at radius 1 is 0.417 bits per heavy atom. The number of carboxylic acid groups (broad SMARTS) is 2. The van der Waals surface area contributed by atoms with Crippen molar-refractivity contribution in [3.63, 3.8) is 0 Å². The molecule has 0 saturated carbocycles. The number of quaternary nitrogens is 2. The lowest BCUT2D eigenvalue weighted by Gasteiger charge is -2.02. The van der Waals surface area contributed by atoms with Crippen molar-refractivity contribution in [3.8, 4) is 0 Å². The van der Waals surface area contributed by atoms with E-state index in [1.165, 1.54) is 167 Å². The average Bonchev–Trinajstić information content (AvgIpc) is 2.85. The molecule has 0 atom stereocenters. The molecule has 5 heteroatoms. The van der Waals surface area contributed by atoms with Gasteiger partial charge in [0, 0.05) is 0 Å². The molecule has 0 heterocycles. The average molecular weight is 517 g/mol. The van der Waals surface area contributed by atoms with Gasteiger partial charge in [-0.1, -0.05) is 142 Å². The third kappa shape index (κ3) is 54.2. The van der Waals surface area contributed by atoms with Crippen molar-refractivity contribution in [1.29, 1.82) is 0 Å². The Labute approximate surface area is 227 Å². The van der Waals surface area contributed by atoms with E-state index in [9.17, 15) is 0 Å². The molecule has 0 aliphatic carbocycles. The van der Waals surface area contributed by atoms with Gasteiger partial charge in [0.15, 0.2) is 0 Å². The fraction of sp³-hybridized carbons (Fsp3) is 0.968. The zero-order valence-corrected chi connectivity index (χ0v) is 25.3. The fourth-order valence-corrected chi connectivity index (χ4v) is 4.38. The Kier molecular flexibility index (Phi) is 45.6. The second-order valence-corrected chi connectivity index (χ2v) is 10.4. The zero-order chi connectivity index (χ0) is 27.4. The number of carbonyl (C=O) groups excluding carboxylic acids is 1. The van der Waals surface area contributed by atoms with Crippen LogP contribution in [0.25, 0.3) is 0 Å². The first kappa shape index (κ1) is 39.7. The molecule has 0 rings (SSSR count). The third-order valence-corrected chi connectivity index (χ3v) is 6.69. The number of hydrogen-bond acceptors (Lipinski definition) is 3. The summed E-state index contributed by atoms with van der Waals surface area (Å²) in [6.45, 7) is 7.21. The smallest absolute Gasteiger partial charge is 0.0753 e. The molecule has 36 heavy (non-hydrogen) atoms. The summed E-state index contributed by atoms with van der Waals surface area (Å²) in [6, 6.07) is 0. The summed E-state index contributed by atoms with van der Waals surface area (Å²) < 4.78 is 0. The van der Waals surface area contributed by atoms with E-state index in [1.54, 1.807) is 0 Å². The highest BCUT2D eigenvalue weighted by Crippen LogP contribution is 2.12. The fourth-order valence-electron chi connectivity index (χ4n) is 4.38. The van der Waals surface area contributed by atoms with Gasteiger partial charge in [0.1, 0.15) is 0 Å². The van der Waals surface area contributed by atoms with Crippen LogP contribution in [0.5, 0.6) is 0 Å². The maximum Gasteiger partial charge on any atom is 0.0753 e. The van der Waals surface area contributed by atoms with Crippen molar-refractivity contribution < 1.29 is 25.6 Å². The Morgan fingerprint density at radius 3 is 0.750 bits per heavy atom. The first-order valence-electron chi connectivity index (χ1n) is 16.0. The Morgan fingerprint density at radius 2 is 0.583 bits per heavy atom. The van der Waals surface area contributed by atoms with Crippen molar-refractivity contribution >= 4 is 6.16 Å². The van der Waals surface area contributed by atoms with Crippen LogP contribution in [0.2, 0.25) is 0 Å². The van der Waals surface area contributed by atoms with Crippen LogP contribution >= 0.6 is 0 Å². The minimum Gasteiger partial charge on any atom is -0.652 e. The number of carbonyl (C=O) groups is 1. The SMILES string of the molecule is CCCCCCCCCCCCCC[NH2+]C.CCCCCCCCCCCCCC[NH2+]C.O=C([O-])[O-]. The standard InChI is InChI=1S/2C15H33N.CH2O3/c2*1-3-4-5-6-7-8-9-10-11-12-13-14-15-16-2;2-1(3)4/h2*16H,3-15H2,1-2H3;(H2,2,3,4). The van der Waals surface area contributed by atoms with Crippen LogP contribution in [0, 0.1) is 0 Å². The lowest BCUT2D eigenvalue weighted by atomic mass is 10.1. The van der Waals surface area contributed by atoms with E-state index in [0.29, 0.717) is 0 Å². The Balaban J connectivity index is -0.000000526. The van der Waals surface area contributed by atoms with E-state index in [-0.39, 0.29) is 0 Å². The van der Waals surface area contributed by atoms with E-state index >= 15 is 0 Å². The molecule has 0 radical (unpaired) electrons. The second kappa shape index (κ2) is 41.3. The maximum atomic E-state index is 8.33. The summed E-state index contributed by atoms with van der Waals surface area (Å²) in [5, 5.41) is 21.2. The summed E-state index contributed by atoms with van der Waals surface area (Å²) in [7, 11) is 4.33. The minimum atomic E-state index is -2.33. The predicted octanol–water partition coefficient (Wildman–Crippen LogP) is 5.31. The second-order valence-electron chi connectivity index (χ2n) is 10.4. The van der Waals surface area contributed by atoms with Crippen molar-refractivity contribution in [2.24, 2.45) is 0 Å². The molecule has 0 unspecified atom stereocenters. The van der Waals surface area contributed by atoms with Crippen LogP contribution in [-0.2, 0) is 0 Å². The van der Waals surface area contributed by atoms with Gasteiger partial charge in [-0.15, -0.1) is 0 Å². The number of rotatable bonds is 26. The summed E-state index contributed by atoms with van der Waals surface area (Å²) in [5.74, 6) is 0. The summed E-state index contributed by atoms with van der Waals surface area (Å²) in [4.78, 5) is 8.33. The molecule has 0 saturated heterocycles. The highest BCUT2D eigenvalue weighted by Gasteiger charge is 1.94. The highest BCUT2D eigenvalue weighted by molar-refractivity contribution is 5.47. The highest BCUT2D eigenvalue weighted by atomic mass is 16.6. The predicted molar refractivity (Wildman–Crippen MR) is 153 cm³/mol. The molecule has 0 aliphatic heterocycles. The first-order valence-corrected chi connectivity index (χ1v) is 16.0. The molecular formula is C31H68N2O3. The van der Waals surface area contributed by atoms with Crippen LogP contribution in [0.4, 0.5) is 4.79 Å². The molecule has 220 valence electrons. The van der Waals surface area contributed by atoms with Gasteiger partial charge in [0.2, 0.25) is 0 Å². The van der Waals surface area contributed by atoms with E-state index in [2.05, 4.69) is 38.6 Å². The van der Waals surface area contributed by atoms with Gasteiger partial charge in [-0.05, 0) is 31.8 Å². The van der Waals surface area contributed by atoms with E-state index in [0.717, 1.165) is 0 Å². The van der Waals surface area contributed by atoms with E-state index < -0.39 is 6.16 Å². The van der Waals surface area contributed by atoms with Crippen LogP contribution in [0.15, 0.2) is 0 Å². The van der Waals surface area contributed by atoms with Crippen molar-refractivity contribution in [2.75, 3.05) is 27.2 Å². The molecule has 0 amide bonds. The number of hydrogen-bond donors (Lipinski definition) is 2. The molecule has 0 aromatic heterocycles. The number of nitrogens with two attached hydrogens (primary N) is 2. The van der Waals surface area contributed by atoms with Gasteiger partial charge >= 0.3 is 0 Å².